The van der Waals surface area contributed by atoms with Crippen LogP contribution in [-0.4, -0.2) is 21.4 Å². The van der Waals surface area contributed by atoms with Crippen LogP contribution in [-0.2, 0) is 10.5 Å². The fourth-order valence-corrected chi connectivity index (χ4v) is 1.28. The molecule has 1 rings (SSSR count). The zero-order chi connectivity index (χ0) is 11.5. The Labute approximate surface area is 86.3 Å². The van der Waals surface area contributed by atoms with E-state index in [0.717, 1.165) is 6.07 Å². The maximum atomic E-state index is 12.1. The average molecular weight is 233 g/mol. The molecule has 0 aliphatic rings. The number of amides is 1. The zero-order valence-electron chi connectivity index (χ0n) is 7.73. The molecule has 0 aromatic heterocycles. The minimum atomic E-state index is -5.06. The molecule has 0 radical (unpaired) electrons. The molecule has 1 aromatic rings. The van der Waals surface area contributed by atoms with Crippen molar-refractivity contribution in [3.05, 3.63) is 29.8 Å². The van der Waals surface area contributed by atoms with Gasteiger partial charge in [0.1, 0.15) is 5.75 Å². The molecule has 0 heterocycles. The maximum absolute atomic E-state index is 12.1. The van der Waals surface area contributed by atoms with Gasteiger partial charge in [-0.05, 0) is 18.2 Å². The SMILES string of the molecule is CNC(=O)c1cccc(OS(=O)(=O)F)c1. The zero-order valence-corrected chi connectivity index (χ0v) is 8.55. The highest BCUT2D eigenvalue weighted by Crippen LogP contribution is 2.15. The molecule has 1 amide bonds. The molecule has 82 valence electrons. The smallest absolute Gasteiger partial charge is 0.358 e. The second kappa shape index (κ2) is 4.26. The molecule has 15 heavy (non-hydrogen) atoms. The first-order chi connectivity index (χ1) is 6.92. The number of halogens is 1. The molecule has 0 bridgehead atoms. The van der Waals surface area contributed by atoms with Gasteiger partial charge in [0.15, 0.2) is 0 Å². The monoisotopic (exact) mass is 233 g/mol. The topological polar surface area (TPSA) is 72.5 Å². The predicted molar refractivity (Wildman–Crippen MR) is 50.5 cm³/mol. The van der Waals surface area contributed by atoms with Gasteiger partial charge in [0.2, 0.25) is 0 Å². The standard InChI is InChI=1S/C8H8FNO4S/c1-10-8(11)6-3-2-4-7(5-6)14-15(9,12)13/h2-5H,1H3,(H,10,11). The first kappa shape index (κ1) is 11.4. The number of hydrogen-bond acceptors (Lipinski definition) is 4. The second-order valence-corrected chi connectivity index (χ2v) is 3.54. The number of carbonyl (C=O) groups is 1. The summed E-state index contributed by atoms with van der Waals surface area (Å²) in [4.78, 5) is 11.1. The van der Waals surface area contributed by atoms with Crippen molar-refractivity contribution in [2.45, 2.75) is 0 Å². The van der Waals surface area contributed by atoms with E-state index in [1.165, 1.54) is 25.2 Å². The molecular weight excluding hydrogens is 225 g/mol. The average Bonchev–Trinajstić information content (AvgIpc) is 2.14. The number of carbonyl (C=O) groups excluding carboxylic acids is 1. The van der Waals surface area contributed by atoms with Crippen LogP contribution >= 0.6 is 0 Å². The Morgan fingerprint density at radius 3 is 2.67 bits per heavy atom. The summed E-state index contributed by atoms with van der Waals surface area (Å²) in [7, 11) is -3.64. The van der Waals surface area contributed by atoms with Crippen molar-refractivity contribution in [1.29, 1.82) is 0 Å². The van der Waals surface area contributed by atoms with Gasteiger partial charge in [-0.3, -0.25) is 4.79 Å². The van der Waals surface area contributed by atoms with Crippen molar-refractivity contribution >= 4 is 16.4 Å². The van der Waals surface area contributed by atoms with Crippen LogP contribution in [0.2, 0.25) is 0 Å². The van der Waals surface area contributed by atoms with Gasteiger partial charge in [-0.2, -0.15) is 8.42 Å². The van der Waals surface area contributed by atoms with Gasteiger partial charge in [-0.15, -0.1) is 0 Å². The van der Waals surface area contributed by atoms with Gasteiger partial charge >= 0.3 is 10.5 Å². The summed E-state index contributed by atoms with van der Waals surface area (Å²) in [5.74, 6) is -0.671. The van der Waals surface area contributed by atoms with Crippen LogP contribution in [0, 0.1) is 0 Å². The van der Waals surface area contributed by atoms with Gasteiger partial charge in [0.05, 0.1) is 0 Å². The van der Waals surface area contributed by atoms with E-state index < -0.39 is 16.4 Å². The number of rotatable bonds is 3. The van der Waals surface area contributed by atoms with E-state index >= 15 is 0 Å². The highest BCUT2D eigenvalue weighted by Gasteiger charge is 2.11. The molecule has 0 fully saturated rings. The van der Waals surface area contributed by atoms with Crippen molar-refractivity contribution in [3.63, 3.8) is 0 Å². The Bertz CT molecular complexity index is 471. The quantitative estimate of drug-likeness (QED) is 0.777. The summed E-state index contributed by atoms with van der Waals surface area (Å²) in [5.41, 5.74) is 0.179. The van der Waals surface area contributed by atoms with E-state index in [0.29, 0.717) is 0 Å². The van der Waals surface area contributed by atoms with E-state index in [2.05, 4.69) is 9.50 Å². The molecule has 1 N–H and O–H groups in total. The Morgan fingerprint density at radius 1 is 1.47 bits per heavy atom. The molecule has 0 saturated heterocycles. The molecule has 0 atom stereocenters. The van der Waals surface area contributed by atoms with E-state index in [1.54, 1.807) is 0 Å². The van der Waals surface area contributed by atoms with Gasteiger partial charge in [-0.25, -0.2) is 0 Å². The molecule has 5 nitrogen and oxygen atoms in total. The molecule has 1 aromatic carbocycles. The summed E-state index contributed by atoms with van der Waals surface area (Å²) < 4.78 is 36.4. The third-order valence-electron chi connectivity index (χ3n) is 1.52. The lowest BCUT2D eigenvalue weighted by atomic mass is 10.2. The Kier molecular flexibility index (Phi) is 3.25. The lowest BCUT2D eigenvalue weighted by Gasteiger charge is -2.02. The van der Waals surface area contributed by atoms with Gasteiger partial charge in [0.25, 0.3) is 5.91 Å². The maximum Gasteiger partial charge on any atom is 0.488 e. The Morgan fingerprint density at radius 2 is 2.13 bits per heavy atom. The fraction of sp³-hybridized carbons (Fsp3) is 0.125. The Hall–Kier alpha value is -1.63. The van der Waals surface area contributed by atoms with Crippen molar-refractivity contribution in [2.24, 2.45) is 0 Å². The molecule has 0 spiro atoms. The lowest BCUT2D eigenvalue weighted by Crippen LogP contribution is -2.17. The molecule has 0 aliphatic carbocycles. The van der Waals surface area contributed by atoms with Crippen LogP contribution in [0.15, 0.2) is 24.3 Å². The Balaban J connectivity index is 2.98. The minimum Gasteiger partial charge on any atom is -0.358 e. The third-order valence-corrected chi connectivity index (χ3v) is 1.91. The van der Waals surface area contributed by atoms with Crippen molar-refractivity contribution < 1.29 is 21.3 Å². The summed E-state index contributed by atoms with van der Waals surface area (Å²) in [6, 6.07) is 5.17. The lowest BCUT2D eigenvalue weighted by molar-refractivity contribution is 0.0962. The minimum absolute atomic E-state index is 0.179. The van der Waals surface area contributed by atoms with Gasteiger partial charge < -0.3 is 9.50 Å². The second-order valence-electron chi connectivity index (χ2n) is 2.58. The van der Waals surface area contributed by atoms with E-state index in [1.807, 2.05) is 0 Å². The number of benzene rings is 1. The predicted octanol–water partition coefficient (Wildman–Crippen LogP) is 0.639. The van der Waals surface area contributed by atoms with Gasteiger partial charge in [0, 0.05) is 12.6 Å². The van der Waals surface area contributed by atoms with Crippen LogP contribution in [0.1, 0.15) is 10.4 Å². The number of nitrogens with one attached hydrogen (secondary N) is 1. The molecule has 0 aliphatic heterocycles. The summed E-state index contributed by atoms with van der Waals surface area (Å²) in [6.07, 6.45) is 0. The first-order valence-electron chi connectivity index (χ1n) is 3.88. The first-order valence-corrected chi connectivity index (χ1v) is 5.19. The summed E-state index contributed by atoms with van der Waals surface area (Å²) in [6.45, 7) is 0. The molecular formula is C8H8FNO4S. The van der Waals surface area contributed by atoms with Crippen molar-refractivity contribution in [2.75, 3.05) is 7.05 Å². The van der Waals surface area contributed by atoms with Crippen LogP contribution in [0.5, 0.6) is 5.75 Å². The summed E-state index contributed by atoms with van der Waals surface area (Å²) in [5, 5.41) is 2.33. The van der Waals surface area contributed by atoms with Gasteiger partial charge in [-0.1, -0.05) is 9.95 Å². The molecule has 0 saturated carbocycles. The van der Waals surface area contributed by atoms with Crippen LogP contribution in [0.4, 0.5) is 3.89 Å². The largest absolute Gasteiger partial charge is 0.488 e. The van der Waals surface area contributed by atoms with Crippen LogP contribution in [0.25, 0.3) is 0 Å². The fourth-order valence-electron chi connectivity index (χ4n) is 0.948. The van der Waals surface area contributed by atoms with Crippen LogP contribution < -0.4 is 9.50 Å². The van der Waals surface area contributed by atoms with Crippen molar-refractivity contribution in [3.8, 4) is 5.75 Å². The highest BCUT2D eigenvalue weighted by molar-refractivity contribution is 7.81. The van der Waals surface area contributed by atoms with E-state index in [-0.39, 0.29) is 11.3 Å². The molecule has 7 heteroatoms. The van der Waals surface area contributed by atoms with E-state index in [9.17, 15) is 17.1 Å². The van der Waals surface area contributed by atoms with E-state index in [4.69, 9.17) is 0 Å². The highest BCUT2D eigenvalue weighted by atomic mass is 32.3. The summed E-state index contributed by atoms with van der Waals surface area (Å²) >= 11 is 0. The number of hydrogen-bond donors (Lipinski definition) is 1. The van der Waals surface area contributed by atoms with Crippen molar-refractivity contribution in [1.82, 2.24) is 5.32 Å². The van der Waals surface area contributed by atoms with Crippen LogP contribution in [0.3, 0.4) is 0 Å². The third kappa shape index (κ3) is 3.55. The molecule has 0 unspecified atom stereocenters. The normalized spacial score (nSPS) is 10.8.